The van der Waals surface area contributed by atoms with Crippen molar-refractivity contribution >= 4 is 11.6 Å². The van der Waals surface area contributed by atoms with E-state index in [0.29, 0.717) is 12.6 Å². The van der Waals surface area contributed by atoms with Gasteiger partial charge in [0.15, 0.2) is 0 Å². The van der Waals surface area contributed by atoms with Crippen LogP contribution in [-0.4, -0.2) is 28.0 Å². The second-order valence-electron chi connectivity index (χ2n) is 6.30. The highest BCUT2D eigenvalue weighted by Crippen LogP contribution is 2.29. The number of hydrogen-bond donors (Lipinski definition) is 2. The maximum absolute atomic E-state index is 12.3. The molecule has 3 rings (SSSR count). The summed E-state index contributed by atoms with van der Waals surface area (Å²) in [6.07, 6.45) is 8.86. The lowest BCUT2D eigenvalue weighted by Gasteiger charge is -2.22. The summed E-state index contributed by atoms with van der Waals surface area (Å²) < 4.78 is 2.11. The number of benzene rings is 1. The lowest BCUT2D eigenvalue weighted by Crippen LogP contribution is -2.41. The molecule has 122 valence electrons. The molecule has 1 aliphatic rings. The second-order valence-corrected chi connectivity index (χ2v) is 6.30. The monoisotopic (exact) mass is 312 g/mol. The molecular formula is C18H24N4O. The number of aryl methyl sites for hydroxylation is 2. The molecule has 0 spiro atoms. The van der Waals surface area contributed by atoms with Crippen LogP contribution < -0.4 is 10.6 Å². The van der Waals surface area contributed by atoms with Crippen molar-refractivity contribution in [2.24, 2.45) is 0 Å². The average molecular weight is 312 g/mol. The van der Waals surface area contributed by atoms with Crippen molar-refractivity contribution in [2.75, 3.05) is 11.9 Å². The number of nitrogens with zero attached hydrogens (tertiary/aromatic N) is 2. The van der Waals surface area contributed by atoms with Crippen molar-refractivity contribution in [1.82, 2.24) is 14.9 Å². The molecule has 0 bridgehead atoms. The third kappa shape index (κ3) is 3.55. The number of anilines is 1. The largest absolute Gasteiger partial charge is 0.376 e. The Labute approximate surface area is 137 Å². The Morgan fingerprint density at radius 3 is 2.78 bits per heavy atom. The molecule has 5 nitrogen and oxygen atoms in total. The van der Waals surface area contributed by atoms with Gasteiger partial charge < -0.3 is 15.2 Å². The van der Waals surface area contributed by atoms with Gasteiger partial charge in [-0.15, -0.1) is 0 Å². The van der Waals surface area contributed by atoms with Gasteiger partial charge in [-0.3, -0.25) is 4.79 Å². The Morgan fingerprint density at radius 1 is 1.30 bits per heavy atom. The minimum absolute atomic E-state index is 0.0460. The summed E-state index contributed by atoms with van der Waals surface area (Å²) in [6.45, 7) is 4.41. The quantitative estimate of drug-likeness (QED) is 0.892. The van der Waals surface area contributed by atoms with E-state index in [1.54, 1.807) is 6.20 Å². The van der Waals surface area contributed by atoms with Gasteiger partial charge in [0.1, 0.15) is 0 Å². The van der Waals surface area contributed by atoms with Crippen molar-refractivity contribution < 1.29 is 4.79 Å². The summed E-state index contributed by atoms with van der Waals surface area (Å²) in [4.78, 5) is 16.4. The molecule has 2 aromatic rings. The van der Waals surface area contributed by atoms with Crippen molar-refractivity contribution in [3.8, 4) is 0 Å². The fourth-order valence-electron chi connectivity index (χ4n) is 3.45. The van der Waals surface area contributed by atoms with Crippen LogP contribution in [0.4, 0.5) is 5.69 Å². The molecule has 2 atom stereocenters. The number of hydrogen-bond acceptors (Lipinski definition) is 3. The summed E-state index contributed by atoms with van der Waals surface area (Å²) in [5, 5.41) is 6.45. The fourth-order valence-corrected chi connectivity index (χ4v) is 3.45. The first kappa shape index (κ1) is 15.6. The van der Waals surface area contributed by atoms with Crippen LogP contribution in [0.1, 0.15) is 36.4 Å². The molecule has 0 radical (unpaired) electrons. The molecule has 0 aliphatic heterocycles. The normalized spacial score (nSPS) is 20.4. The Hall–Kier alpha value is -2.30. The zero-order valence-electron chi connectivity index (χ0n) is 13.7. The first-order chi connectivity index (χ1) is 11.1. The van der Waals surface area contributed by atoms with E-state index in [1.165, 1.54) is 0 Å². The third-order valence-electron chi connectivity index (χ3n) is 4.64. The SMILES string of the molecule is Cc1cccc(C)c1NCC(=O)N[C@@H]1CCC[C@@H]1n1ccnc1. The number of imidazole rings is 1. The third-order valence-corrected chi connectivity index (χ3v) is 4.64. The topological polar surface area (TPSA) is 59.0 Å². The maximum Gasteiger partial charge on any atom is 0.239 e. The van der Waals surface area contributed by atoms with E-state index in [4.69, 9.17) is 0 Å². The summed E-state index contributed by atoms with van der Waals surface area (Å²) in [5.41, 5.74) is 3.38. The van der Waals surface area contributed by atoms with Crippen LogP contribution in [-0.2, 0) is 4.79 Å². The molecule has 1 aromatic heterocycles. The van der Waals surface area contributed by atoms with Crippen LogP contribution >= 0.6 is 0 Å². The van der Waals surface area contributed by atoms with Gasteiger partial charge in [0.25, 0.3) is 0 Å². The van der Waals surface area contributed by atoms with Crippen molar-refractivity contribution in [1.29, 1.82) is 0 Å². The maximum atomic E-state index is 12.3. The Morgan fingerprint density at radius 2 is 2.09 bits per heavy atom. The van der Waals surface area contributed by atoms with E-state index in [0.717, 1.165) is 36.1 Å². The standard InChI is InChI=1S/C18H24N4O/c1-13-5-3-6-14(2)18(13)20-11-17(23)21-15-7-4-8-16(15)22-10-9-19-12-22/h3,5-6,9-10,12,15-16,20H,4,7-8,11H2,1-2H3,(H,21,23)/t15-,16+/m1/s1. The number of nitrogens with one attached hydrogen (secondary N) is 2. The van der Waals surface area contributed by atoms with Crippen LogP contribution in [0.3, 0.4) is 0 Å². The Bertz CT molecular complexity index is 645. The minimum atomic E-state index is 0.0460. The molecule has 1 amide bonds. The van der Waals surface area contributed by atoms with Crippen LogP contribution in [0.15, 0.2) is 36.9 Å². The molecule has 1 saturated carbocycles. The van der Waals surface area contributed by atoms with Crippen LogP contribution in [0, 0.1) is 13.8 Å². The molecule has 1 aliphatic carbocycles. The Kier molecular flexibility index (Phi) is 4.65. The van der Waals surface area contributed by atoms with Gasteiger partial charge in [-0.1, -0.05) is 18.2 Å². The smallest absolute Gasteiger partial charge is 0.239 e. The number of para-hydroxylation sites is 1. The summed E-state index contributed by atoms with van der Waals surface area (Å²) >= 11 is 0. The number of carbonyl (C=O) groups excluding carboxylic acids is 1. The van der Waals surface area contributed by atoms with E-state index in [9.17, 15) is 4.79 Å². The minimum Gasteiger partial charge on any atom is -0.376 e. The number of aromatic nitrogens is 2. The molecule has 0 unspecified atom stereocenters. The molecule has 0 saturated heterocycles. The zero-order chi connectivity index (χ0) is 16.2. The van der Waals surface area contributed by atoms with E-state index >= 15 is 0 Å². The van der Waals surface area contributed by atoms with Crippen LogP contribution in [0.5, 0.6) is 0 Å². The van der Waals surface area contributed by atoms with E-state index < -0.39 is 0 Å². The highest BCUT2D eigenvalue weighted by Gasteiger charge is 2.29. The molecule has 2 N–H and O–H groups in total. The zero-order valence-corrected chi connectivity index (χ0v) is 13.7. The van der Waals surface area contributed by atoms with Gasteiger partial charge in [0.05, 0.1) is 18.9 Å². The van der Waals surface area contributed by atoms with Crippen LogP contribution in [0.25, 0.3) is 0 Å². The van der Waals surface area contributed by atoms with Gasteiger partial charge >= 0.3 is 0 Å². The highest BCUT2D eigenvalue weighted by molar-refractivity contribution is 5.81. The van der Waals surface area contributed by atoms with Gasteiger partial charge in [0.2, 0.25) is 5.91 Å². The molecule has 1 fully saturated rings. The van der Waals surface area contributed by atoms with Gasteiger partial charge in [-0.2, -0.15) is 0 Å². The highest BCUT2D eigenvalue weighted by atomic mass is 16.2. The van der Waals surface area contributed by atoms with E-state index in [1.807, 2.05) is 18.6 Å². The van der Waals surface area contributed by atoms with Crippen molar-refractivity contribution in [2.45, 2.75) is 45.2 Å². The lowest BCUT2D eigenvalue weighted by atomic mass is 10.1. The predicted octanol–water partition coefficient (Wildman–Crippen LogP) is 2.82. The summed E-state index contributed by atoms with van der Waals surface area (Å²) in [5.74, 6) is 0.0460. The fraction of sp³-hybridized carbons (Fsp3) is 0.444. The molecule has 1 heterocycles. The number of amides is 1. The molecule has 1 aromatic carbocycles. The van der Waals surface area contributed by atoms with Crippen molar-refractivity contribution in [3.63, 3.8) is 0 Å². The van der Waals surface area contributed by atoms with Gasteiger partial charge in [-0.05, 0) is 44.2 Å². The van der Waals surface area contributed by atoms with Gasteiger partial charge in [0, 0.05) is 24.1 Å². The first-order valence-corrected chi connectivity index (χ1v) is 8.22. The van der Waals surface area contributed by atoms with Crippen LogP contribution in [0.2, 0.25) is 0 Å². The summed E-state index contributed by atoms with van der Waals surface area (Å²) in [6, 6.07) is 6.65. The molecule has 5 heteroatoms. The number of carbonyl (C=O) groups is 1. The second kappa shape index (κ2) is 6.86. The number of rotatable bonds is 5. The average Bonchev–Trinajstić information content (AvgIpc) is 3.17. The van der Waals surface area contributed by atoms with Crippen molar-refractivity contribution in [3.05, 3.63) is 48.0 Å². The van der Waals surface area contributed by atoms with E-state index in [-0.39, 0.29) is 11.9 Å². The van der Waals surface area contributed by atoms with E-state index in [2.05, 4.69) is 46.2 Å². The lowest BCUT2D eigenvalue weighted by molar-refractivity contribution is -0.120. The molecule has 23 heavy (non-hydrogen) atoms. The predicted molar refractivity (Wildman–Crippen MR) is 91.5 cm³/mol. The first-order valence-electron chi connectivity index (χ1n) is 8.22. The molecular weight excluding hydrogens is 288 g/mol. The van der Waals surface area contributed by atoms with Gasteiger partial charge in [-0.25, -0.2) is 4.98 Å². The Balaban J connectivity index is 1.57. The summed E-state index contributed by atoms with van der Waals surface area (Å²) in [7, 11) is 0.